The van der Waals surface area contributed by atoms with Gasteiger partial charge < -0.3 is 27.7 Å². The van der Waals surface area contributed by atoms with Crippen LogP contribution in [0.2, 0.25) is 5.54 Å². The van der Waals surface area contributed by atoms with Crippen LogP contribution >= 0.6 is 0 Å². The number of carbonyl (C=O) groups is 2. The van der Waals surface area contributed by atoms with E-state index in [1.54, 1.807) is 13.8 Å². The van der Waals surface area contributed by atoms with E-state index in [2.05, 4.69) is 11.8 Å². The van der Waals surface area contributed by atoms with Crippen LogP contribution in [0, 0.1) is 0 Å². The lowest BCUT2D eigenvalue weighted by Crippen LogP contribution is -2.51. The molecule has 0 aliphatic carbocycles. The summed E-state index contributed by atoms with van der Waals surface area (Å²) in [6, 6.07) is 0. The minimum atomic E-state index is -2.82. The van der Waals surface area contributed by atoms with Crippen LogP contribution in [0.4, 0.5) is 0 Å². The topological polar surface area (TPSA) is 83.5 Å². The van der Waals surface area contributed by atoms with Gasteiger partial charge in [0, 0.05) is 38.5 Å². The van der Waals surface area contributed by atoms with Crippen LogP contribution in [0.3, 0.4) is 0 Å². The van der Waals surface area contributed by atoms with Crippen molar-refractivity contribution in [3.8, 4) is 0 Å². The first-order chi connectivity index (χ1) is 14.4. The fraction of sp³-hybridized carbons (Fsp3) is 0.905. The quantitative estimate of drug-likeness (QED) is 0.219. The van der Waals surface area contributed by atoms with Crippen molar-refractivity contribution < 1.29 is 32.3 Å². The van der Waals surface area contributed by atoms with Crippen molar-refractivity contribution in [2.75, 3.05) is 52.7 Å². The second-order valence-electron chi connectivity index (χ2n) is 6.75. The van der Waals surface area contributed by atoms with Gasteiger partial charge >= 0.3 is 20.7 Å². The molecule has 30 heavy (non-hydrogen) atoms. The van der Waals surface area contributed by atoms with Crippen LogP contribution in [-0.2, 0) is 32.3 Å². The van der Waals surface area contributed by atoms with E-state index in [1.807, 2.05) is 20.8 Å². The number of carbonyl (C=O) groups excluding carboxylic acids is 2. The minimum Gasteiger partial charge on any atom is -0.466 e. The lowest BCUT2D eigenvalue weighted by Gasteiger charge is -2.36. The van der Waals surface area contributed by atoms with Gasteiger partial charge in [-0.15, -0.1) is 0 Å². The van der Waals surface area contributed by atoms with Crippen molar-refractivity contribution in [2.24, 2.45) is 0 Å². The van der Waals surface area contributed by atoms with E-state index >= 15 is 0 Å². The maximum Gasteiger partial charge on any atom is 0.504 e. The minimum absolute atomic E-state index is 0.144. The zero-order valence-electron chi connectivity index (χ0n) is 19.9. The third-order valence-corrected chi connectivity index (χ3v) is 8.47. The van der Waals surface area contributed by atoms with Crippen molar-refractivity contribution in [3.05, 3.63) is 0 Å². The van der Waals surface area contributed by atoms with Gasteiger partial charge in [0.1, 0.15) is 0 Å². The van der Waals surface area contributed by atoms with E-state index in [-0.39, 0.29) is 17.5 Å². The highest BCUT2D eigenvalue weighted by Gasteiger charge is 2.48. The summed E-state index contributed by atoms with van der Waals surface area (Å²) in [6.45, 7) is 15.7. The smallest absolute Gasteiger partial charge is 0.466 e. The molecule has 0 amide bonds. The number of hydrogen-bond acceptors (Lipinski definition) is 8. The van der Waals surface area contributed by atoms with E-state index < -0.39 is 8.80 Å². The van der Waals surface area contributed by atoms with E-state index in [4.69, 9.17) is 22.8 Å². The first-order valence-electron chi connectivity index (χ1n) is 11.4. The van der Waals surface area contributed by atoms with Crippen LogP contribution in [-0.4, -0.2) is 78.3 Å². The molecular weight excluding hydrogens is 406 g/mol. The van der Waals surface area contributed by atoms with Gasteiger partial charge in [0.05, 0.1) is 26.1 Å². The lowest BCUT2D eigenvalue weighted by atomic mass is 10.2. The van der Waals surface area contributed by atoms with Gasteiger partial charge in [-0.05, 0) is 54.0 Å². The Labute approximate surface area is 183 Å². The average Bonchev–Trinajstić information content (AvgIpc) is 2.70. The fourth-order valence-corrected chi connectivity index (χ4v) is 6.50. The number of rotatable bonds is 19. The van der Waals surface area contributed by atoms with Gasteiger partial charge in [0.15, 0.2) is 0 Å². The molecule has 9 heteroatoms. The Hall–Kier alpha value is -1.00. The van der Waals surface area contributed by atoms with Crippen LogP contribution in [0.15, 0.2) is 0 Å². The molecule has 0 saturated heterocycles. The summed E-state index contributed by atoms with van der Waals surface area (Å²) in [5, 5.41) is 0. The highest BCUT2D eigenvalue weighted by atomic mass is 28.4. The normalized spacial score (nSPS) is 12.8. The van der Waals surface area contributed by atoms with Gasteiger partial charge in [0.25, 0.3) is 0 Å². The summed E-state index contributed by atoms with van der Waals surface area (Å²) in [4.78, 5) is 25.7. The monoisotopic (exact) mass is 449 g/mol. The molecule has 0 aliphatic rings. The zero-order chi connectivity index (χ0) is 22.8. The number of nitrogens with zero attached hydrogens (tertiary/aromatic N) is 1. The van der Waals surface area contributed by atoms with Crippen molar-refractivity contribution in [2.45, 2.75) is 72.8 Å². The molecule has 0 N–H and O–H groups in total. The Morgan fingerprint density at radius 2 is 1.13 bits per heavy atom. The molecule has 1 unspecified atom stereocenters. The molecule has 0 heterocycles. The largest absolute Gasteiger partial charge is 0.504 e. The summed E-state index contributed by atoms with van der Waals surface area (Å²) in [7, 11) is -2.82. The molecule has 1 atom stereocenters. The molecule has 0 aromatic carbocycles. The second-order valence-corrected chi connectivity index (χ2v) is 9.64. The number of ether oxygens (including phenoxy) is 2. The summed E-state index contributed by atoms with van der Waals surface area (Å²) < 4.78 is 28.3. The Kier molecular flexibility index (Phi) is 17.1. The van der Waals surface area contributed by atoms with Crippen molar-refractivity contribution >= 4 is 20.7 Å². The van der Waals surface area contributed by atoms with Crippen LogP contribution in [0.5, 0.6) is 0 Å². The van der Waals surface area contributed by atoms with Gasteiger partial charge in [-0.3, -0.25) is 9.59 Å². The maximum absolute atomic E-state index is 11.8. The highest BCUT2D eigenvalue weighted by Crippen LogP contribution is 2.32. The summed E-state index contributed by atoms with van der Waals surface area (Å²) in [5.74, 6) is -0.459. The number of hydrogen-bond donors (Lipinski definition) is 0. The van der Waals surface area contributed by atoms with Gasteiger partial charge in [-0.1, -0.05) is 6.92 Å². The Morgan fingerprint density at radius 3 is 1.47 bits per heavy atom. The van der Waals surface area contributed by atoms with E-state index in [0.717, 1.165) is 12.8 Å². The second kappa shape index (κ2) is 17.7. The van der Waals surface area contributed by atoms with Gasteiger partial charge in [-0.2, -0.15) is 0 Å². The third-order valence-electron chi connectivity index (χ3n) is 4.70. The highest BCUT2D eigenvalue weighted by molar-refractivity contribution is 6.62. The standard InChI is InChI=1S/C21H43NO7Si/c1-7-19(30(27-10-4,28-11-5)29-12-6)13-16-22(17-14-20(23)25-8-2)18-15-21(24)26-9-3/h19H,7-18H2,1-6H3. The first kappa shape index (κ1) is 29.0. The fourth-order valence-electron chi connectivity index (χ4n) is 3.35. The molecule has 8 nitrogen and oxygen atoms in total. The van der Waals surface area contributed by atoms with Crippen LogP contribution in [0.1, 0.15) is 67.2 Å². The van der Waals surface area contributed by atoms with Crippen molar-refractivity contribution in [3.63, 3.8) is 0 Å². The van der Waals surface area contributed by atoms with E-state index in [1.165, 1.54) is 0 Å². The average molecular weight is 450 g/mol. The Balaban J connectivity index is 5.15. The first-order valence-corrected chi connectivity index (χ1v) is 13.2. The maximum atomic E-state index is 11.8. The number of esters is 2. The molecule has 0 rings (SSSR count). The Morgan fingerprint density at radius 1 is 0.700 bits per heavy atom. The molecule has 0 bridgehead atoms. The molecular formula is C21H43NO7Si. The zero-order valence-corrected chi connectivity index (χ0v) is 20.9. The predicted molar refractivity (Wildman–Crippen MR) is 118 cm³/mol. The van der Waals surface area contributed by atoms with E-state index in [0.29, 0.717) is 65.5 Å². The molecule has 0 saturated carbocycles. The molecule has 0 aromatic heterocycles. The summed E-state index contributed by atoms with van der Waals surface area (Å²) >= 11 is 0. The van der Waals surface area contributed by atoms with E-state index in [9.17, 15) is 9.59 Å². The summed E-state index contributed by atoms with van der Waals surface area (Å²) in [5.41, 5.74) is 0.144. The van der Waals surface area contributed by atoms with Crippen LogP contribution < -0.4 is 0 Å². The summed E-state index contributed by atoms with van der Waals surface area (Å²) in [6.07, 6.45) is 2.25. The lowest BCUT2D eigenvalue weighted by molar-refractivity contribution is -0.143. The molecule has 178 valence electrons. The van der Waals surface area contributed by atoms with Crippen molar-refractivity contribution in [1.29, 1.82) is 0 Å². The molecule has 0 spiro atoms. The Bertz CT molecular complexity index is 426. The molecule has 0 fully saturated rings. The van der Waals surface area contributed by atoms with Gasteiger partial charge in [0.2, 0.25) is 0 Å². The third kappa shape index (κ3) is 11.4. The molecule has 0 aliphatic heterocycles. The predicted octanol–water partition coefficient (Wildman–Crippen LogP) is 3.41. The SMILES string of the molecule is CCOC(=O)CCN(CCC(=O)OCC)CCC(CC)[Si](OCC)(OCC)OCC. The molecule has 0 aromatic rings. The van der Waals surface area contributed by atoms with Crippen LogP contribution in [0.25, 0.3) is 0 Å². The molecule has 0 radical (unpaired) electrons. The van der Waals surface area contributed by atoms with Gasteiger partial charge in [-0.25, -0.2) is 0 Å². The van der Waals surface area contributed by atoms with Crippen molar-refractivity contribution in [1.82, 2.24) is 4.90 Å².